The summed E-state index contributed by atoms with van der Waals surface area (Å²) in [6.07, 6.45) is 5.33. The van der Waals surface area contributed by atoms with Crippen LogP contribution in [0.1, 0.15) is 55.1 Å². The molecule has 1 amide bonds. The highest BCUT2D eigenvalue weighted by molar-refractivity contribution is 5.93. The van der Waals surface area contributed by atoms with Crippen molar-refractivity contribution in [3.05, 3.63) is 17.2 Å². The molecule has 2 aliphatic rings. The van der Waals surface area contributed by atoms with E-state index in [9.17, 15) is 4.79 Å². The fraction of sp³-hybridized carbons (Fsp3) is 0.733. The third-order valence-electron chi connectivity index (χ3n) is 4.12. The van der Waals surface area contributed by atoms with Crippen LogP contribution < -0.4 is 5.32 Å². The van der Waals surface area contributed by atoms with Gasteiger partial charge in [0.1, 0.15) is 11.5 Å². The zero-order chi connectivity index (χ0) is 14.2. The van der Waals surface area contributed by atoms with Gasteiger partial charge in [-0.15, -0.1) is 0 Å². The lowest BCUT2D eigenvalue weighted by Crippen LogP contribution is -2.32. The molecule has 1 saturated heterocycles. The molecule has 5 nitrogen and oxygen atoms in total. The second kappa shape index (κ2) is 5.20. The van der Waals surface area contributed by atoms with Gasteiger partial charge < -0.3 is 15.0 Å². The van der Waals surface area contributed by atoms with Gasteiger partial charge in [-0.2, -0.15) is 0 Å². The fourth-order valence-corrected chi connectivity index (χ4v) is 3.00. The topological polar surface area (TPSA) is 67.0 Å². The summed E-state index contributed by atoms with van der Waals surface area (Å²) in [5, 5.41) is 2.96. The van der Waals surface area contributed by atoms with E-state index in [1.807, 2.05) is 0 Å². The molecule has 1 unspecified atom stereocenters. The van der Waals surface area contributed by atoms with E-state index in [0.717, 1.165) is 43.8 Å². The minimum absolute atomic E-state index is 0.0577. The van der Waals surface area contributed by atoms with Crippen LogP contribution in [0.5, 0.6) is 0 Å². The van der Waals surface area contributed by atoms with Gasteiger partial charge in [0.05, 0.1) is 6.10 Å². The zero-order valence-electron chi connectivity index (χ0n) is 12.3. The van der Waals surface area contributed by atoms with Crippen molar-refractivity contribution in [3.8, 4) is 0 Å². The maximum Gasteiger partial charge on any atom is 0.271 e. The van der Waals surface area contributed by atoms with Crippen molar-refractivity contribution in [2.45, 2.75) is 52.1 Å². The van der Waals surface area contributed by atoms with Gasteiger partial charge in [0.15, 0.2) is 0 Å². The van der Waals surface area contributed by atoms with E-state index < -0.39 is 0 Å². The first-order valence-electron chi connectivity index (χ1n) is 7.51. The third kappa shape index (κ3) is 2.87. The normalized spacial score (nSPS) is 25.7. The Morgan fingerprint density at radius 1 is 1.40 bits per heavy atom. The summed E-state index contributed by atoms with van der Waals surface area (Å²) in [5.74, 6) is 0.826. The molecule has 0 aliphatic carbocycles. The second-order valence-corrected chi connectivity index (χ2v) is 6.73. The molecule has 0 saturated carbocycles. The molecule has 0 aromatic carbocycles. The highest BCUT2D eigenvalue weighted by Crippen LogP contribution is 2.26. The van der Waals surface area contributed by atoms with Crippen LogP contribution in [0, 0.1) is 5.41 Å². The molecular weight excluding hydrogens is 254 g/mol. The number of amides is 1. The molecule has 20 heavy (non-hydrogen) atoms. The number of carbonyl (C=O) groups is 1. The molecule has 1 fully saturated rings. The zero-order valence-corrected chi connectivity index (χ0v) is 12.3. The Hall–Kier alpha value is -1.36. The van der Waals surface area contributed by atoms with E-state index in [1.165, 1.54) is 6.42 Å². The summed E-state index contributed by atoms with van der Waals surface area (Å²) in [4.78, 5) is 19.9. The average Bonchev–Trinajstić information content (AvgIpc) is 2.75. The molecule has 1 aromatic heterocycles. The van der Waals surface area contributed by atoms with Gasteiger partial charge in [-0.05, 0) is 31.1 Å². The van der Waals surface area contributed by atoms with Crippen LogP contribution in [0.25, 0.3) is 0 Å². The van der Waals surface area contributed by atoms with Crippen molar-refractivity contribution in [1.29, 1.82) is 0 Å². The lowest BCUT2D eigenvalue weighted by atomic mass is 9.88. The lowest BCUT2D eigenvalue weighted by Gasteiger charge is -2.22. The van der Waals surface area contributed by atoms with E-state index in [2.05, 4.69) is 29.1 Å². The summed E-state index contributed by atoms with van der Waals surface area (Å²) in [5.41, 5.74) is 1.60. The van der Waals surface area contributed by atoms with Gasteiger partial charge in [0.25, 0.3) is 5.91 Å². The average molecular weight is 277 g/mol. The Morgan fingerprint density at radius 3 is 3.00 bits per heavy atom. The van der Waals surface area contributed by atoms with Gasteiger partial charge in [-0.25, -0.2) is 4.98 Å². The molecule has 3 rings (SSSR count). The van der Waals surface area contributed by atoms with Crippen molar-refractivity contribution < 1.29 is 9.53 Å². The van der Waals surface area contributed by atoms with Crippen molar-refractivity contribution in [3.63, 3.8) is 0 Å². The second-order valence-electron chi connectivity index (χ2n) is 6.73. The van der Waals surface area contributed by atoms with E-state index in [4.69, 9.17) is 4.74 Å². The van der Waals surface area contributed by atoms with Crippen LogP contribution >= 0.6 is 0 Å². The number of hydrogen-bond donors (Lipinski definition) is 2. The Morgan fingerprint density at radius 2 is 2.25 bits per heavy atom. The number of nitrogens with zero attached hydrogens (tertiary/aromatic N) is 1. The van der Waals surface area contributed by atoms with E-state index >= 15 is 0 Å². The first-order valence-corrected chi connectivity index (χ1v) is 7.51. The van der Waals surface area contributed by atoms with Gasteiger partial charge >= 0.3 is 0 Å². The van der Waals surface area contributed by atoms with Crippen LogP contribution in [0.3, 0.4) is 0 Å². The summed E-state index contributed by atoms with van der Waals surface area (Å²) >= 11 is 0. The minimum Gasteiger partial charge on any atom is -0.378 e. The first-order chi connectivity index (χ1) is 9.53. The standard InChI is InChI=1S/C15H23N3O2/c1-15(2)8-11-13(14(19)16-9-15)18-12(17-11)7-10-5-3-4-6-20-10/h10H,3-9H2,1-2H3,(H,16,19)(H,17,18). The van der Waals surface area contributed by atoms with Crippen molar-refractivity contribution >= 4 is 5.91 Å². The molecule has 2 aliphatic heterocycles. The maximum atomic E-state index is 12.1. The molecule has 1 aromatic rings. The Bertz CT molecular complexity index is 501. The summed E-state index contributed by atoms with van der Waals surface area (Å²) in [7, 11) is 0. The monoisotopic (exact) mass is 277 g/mol. The molecule has 110 valence electrons. The van der Waals surface area contributed by atoms with Gasteiger partial charge in [-0.1, -0.05) is 13.8 Å². The Kier molecular flexibility index (Phi) is 3.54. The van der Waals surface area contributed by atoms with Gasteiger partial charge in [-0.3, -0.25) is 4.79 Å². The van der Waals surface area contributed by atoms with Crippen LogP contribution in [-0.4, -0.2) is 35.1 Å². The summed E-state index contributed by atoms with van der Waals surface area (Å²) in [6.45, 7) is 5.86. The molecule has 2 N–H and O–H groups in total. The number of fused-ring (bicyclic) bond motifs is 1. The van der Waals surface area contributed by atoms with Crippen LogP contribution in [0.2, 0.25) is 0 Å². The van der Waals surface area contributed by atoms with Crippen LogP contribution in [0.15, 0.2) is 0 Å². The Balaban J connectivity index is 1.78. The minimum atomic E-state index is -0.0577. The number of carbonyl (C=O) groups excluding carboxylic acids is 1. The third-order valence-corrected chi connectivity index (χ3v) is 4.12. The van der Waals surface area contributed by atoms with Crippen molar-refractivity contribution in [2.75, 3.05) is 13.2 Å². The number of hydrogen-bond acceptors (Lipinski definition) is 3. The summed E-state index contributed by atoms with van der Waals surface area (Å²) < 4.78 is 5.75. The largest absolute Gasteiger partial charge is 0.378 e. The Labute approximate surface area is 119 Å². The molecule has 0 spiro atoms. The number of ether oxygens (including phenoxy) is 1. The van der Waals surface area contributed by atoms with Crippen LogP contribution in [-0.2, 0) is 17.6 Å². The highest BCUT2D eigenvalue weighted by Gasteiger charge is 2.30. The number of rotatable bonds is 2. The highest BCUT2D eigenvalue weighted by atomic mass is 16.5. The SMILES string of the molecule is CC1(C)CNC(=O)c2nc(CC3CCCCO3)[nH]c2C1. The van der Waals surface area contributed by atoms with E-state index in [1.54, 1.807) is 0 Å². The predicted octanol–water partition coefficient (Wildman–Crippen LogP) is 1.83. The maximum absolute atomic E-state index is 12.1. The number of nitrogens with one attached hydrogen (secondary N) is 2. The molecule has 0 radical (unpaired) electrons. The number of imidazole rings is 1. The number of H-pyrrole nitrogens is 1. The molecule has 0 bridgehead atoms. The van der Waals surface area contributed by atoms with Gasteiger partial charge in [0, 0.05) is 25.3 Å². The number of aromatic nitrogens is 2. The molecular formula is C15H23N3O2. The van der Waals surface area contributed by atoms with Crippen molar-refractivity contribution in [2.24, 2.45) is 5.41 Å². The lowest BCUT2D eigenvalue weighted by molar-refractivity contribution is 0.0157. The van der Waals surface area contributed by atoms with Gasteiger partial charge in [0.2, 0.25) is 0 Å². The van der Waals surface area contributed by atoms with Crippen LogP contribution in [0.4, 0.5) is 0 Å². The van der Waals surface area contributed by atoms with E-state index in [0.29, 0.717) is 12.2 Å². The fourth-order valence-electron chi connectivity index (χ4n) is 3.00. The smallest absolute Gasteiger partial charge is 0.271 e. The summed E-state index contributed by atoms with van der Waals surface area (Å²) in [6, 6.07) is 0. The van der Waals surface area contributed by atoms with E-state index in [-0.39, 0.29) is 17.4 Å². The first kappa shape index (κ1) is 13.6. The molecule has 3 heterocycles. The quantitative estimate of drug-likeness (QED) is 0.866. The molecule has 1 atom stereocenters. The van der Waals surface area contributed by atoms with Crippen molar-refractivity contribution in [1.82, 2.24) is 15.3 Å². The number of aromatic amines is 1. The molecule has 5 heteroatoms. The predicted molar refractivity (Wildman–Crippen MR) is 75.7 cm³/mol.